The Labute approximate surface area is 157 Å². The quantitative estimate of drug-likeness (QED) is 0.781. The van der Waals surface area contributed by atoms with Crippen LogP contribution in [-0.2, 0) is 6.54 Å². The van der Waals surface area contributed by atoms with Gasteiger partial charge in [-0.15, -0.1) is 0 Å². The van der Waals surface area contributed by atoms with Crippen molar-refractivity contribution < 1.29 is 22.8 Å². The molecule has 0 bridgehead atoms. The minimum atomic E-state index is -4.45. The lowest BCUT2D eigenvalue weighted by Crippen LogP contribution is -2.33. The maximum atomic E-state index is 12.4. The summed E-state index contributed by atoms with van der Waals surface area (Å²) >= 11 is 3.33. The standard InChI is InChI=1S/C18H16BrF3N2O2/c1-24(17(26)14-4-2-3-5-15(14)19)10-12-6-8-13(9-7-12)16(25)23-11-18(20,21)22/h2-9H,10-11H2,1H3,(H,23,25). The predicted octanol–water partition coefficient (Wildman–Crippen LogP) is 4.01. The van der Waals surface area contributed by atoms with Crippen LogP contribution in [0.2, 0.25) is 0 Å². The van der Waals surface area contributed by atoms with Crippen LogP contribution in [0.25, 0.3) is 0 Å². The molecule has 0 aromatic heterocycles. The second-order valence-corrected chi connectivity index (χ2v) is 6.49. The van der Waals surface area contributed by atoms with Crippen LogP contribution >= 0.6 is 15.9 Å². The third kappa shape index (κ3) is 5.59. The van der Waals surface area contributed by atoms with E-state index < -0.39 is 18.6 Å². The molecule has 4 nitrogen and oxygen atoms in total. The van der Waals surface area contributed by atoms with Crippen molar-refractivity contribution in [2.24, 2.45) is 0 Å². The van der Waals surface area contributed by atoms with Crippen molar-refractivity contribution in [3.63, 3.8) is 0 Å². The number of amides is 2. The Kier molecular flexibility index (Phi) is 6.42. The summed E-state index contributed by atoms with van der Waals surface area (Å²) in [6.07, 6.45) is -4.45. The molecular formula is C18H16BrF3N2O2. The van der Waals surface area contributed by atoms with Crippen LogP contribution in [0, 0.1) is 0 Å². The van der Waals surface area contributed by atoms with E-state index in [9.17, 15) is 22.8 Å². The molecule has 2 aromatic rings. The first-order valence-corrected chi connectivity index (χ1v) is 8.40. The van der Waals surface area contributed by atoms with Gasteiger partial charge >= 0.3 is 6.18 Å². The molecule has 0 heterocycles. The minimum absolute atomic E-state index is 0.123. The molecule has 0 radical (unpaired) electrons. The molecule has 8 heteroatoms. The summed E-state index contributed by atoms with van der Waals surface area (Å²) in [5, 5.41) is 1.81. The van der Waals surface area contributed by atoms with Gasteiger partial charge in [0.15, 0.2) is 0 Å². The molecule has 0 unspecified atom stereocenters. The Morgan fingerprint density at radius 1 is 1.08 bits per heavy atom. The lowest BCUT2D eigenvalue weighted by atomic mass is 10.1. The van der Waals surface area contributed by atoms with Crippen molar-refractivity contribution in [3.8, 4) is 0 Å². The molecule has 2 amide bonds. The van der Waals surface area contributed by atoms with Crippen molar-refractivity contribution in [1.29, 1.82) is 0 Å². The van der Waals surface area contributed by atoms with Gasteiger partial charge in [-0.25, -0.2) is 0 Å². The molecule has 0 spiro atoms. The van der Waals surface area contributed by atoms with Crippen LogP contribution in [0.1, 0.15) is 26.3 Å². The molecule has 0 atom stereocenters. The van der Waals surface area contributed by atoms with Gasteiger partial charge in [-0.2, -0.15) is 13.2 Å². The molecule has 1 N–H and O–H groups in total. The van der Waals surface area contributed by atoms with Crippen molar-refractivity contribution in [1.82, 2.24) is 10.2 Å². The van der Waals surface area contributed by atoms with E-state index in [4.69, 9.17) is 0 Å². The van der Waals surface area contributed by atoms with E-state index in [-0.39, 0.29) is 11.5 Å². The molecular weight excluding hydrogens is 413 g/mol. The van der Waals surface area contributed by atoms with Crippen LogP contribution in [0.4, 0.5) is 13.2 Å². The summed E-state index contributed by atoms with van der Waals surface area (Å²) in [4.78, 5) is 25.6. The summed E-state index contributed by atoms with van der Waals surface area (Å²) in [7, 11) is 1.64. The number of rotatable bonds is 5. The Morgan fingerprint density at radius 2 is 1.69 bits per heavy atom. The van der Waals surface area contributed by atoms with Crippen molar-refractivity contribution in [2.45, 2.75) is 12.7 Å². The Bertz CT molecular complexity index is 792. The monoisotopic (exact) mass is 428 g/mol. The summed E-state index contributed by atoms with van der Waals surface area (Å²) in [5.41, 5.74) is 1.40. The van der Waals surface area contributed by atoms with Crippen molar-refractivity contribution in [2.75, 3.05) is 13.6 Å². The zero-order chi connectivity index (χ0) is 19.3. The Balaban J connectivity index is 1.99. The normalized spacial score (nSPS) is 11.1. The fourth-order valence-corrected chi connectivity index (χ4v) is 2.68. The van der Waals surface area contributed by atoms with E-state index in [1.807, 2.05) is 11.4 Å². The molecule has 138 valence electrons. The smallest absolute Gasteiger partial charge is 0.343 e. The summed E-state index contributed by atoms with van der Waals surface area (Å²) in [6.45, 7) is -1.08. The van der Waals surface area contributed by atoms with Gasteiger partial charge < -0.3 is 10.2 Å². The van der Waals surface area contributed by atoms with Crippen molar-refractivity contribution >= 4 is 27.7 Å². The number of alkyl halides is 3. The second-order valence-electron chi connectivity index (χ2n) is 5.64. The van der Waals surface area contributed by atoms with E-state index >= 15 is 0 Å². The fourth-order valence-electron chi connectivity index (χ4n) is 2.23. The highest BCUT2D eigenvalue weighted by Gasteiger charge is 2.27. The maximum Gasteiger partial charge on any atom is 0.405 e. The van der Waals surface area contributed by atoms with Gasteiger partial charge in [-0.3, -0.25) is 9.59 Å². The lowest BCUT2D eigenvalue weighted by molar-refractivity contribution is -0.123. The average Bonchev–Trinajstić information content (AvgIpc) is 2.59. The highest BCUT2D eigenvalue weighted by Crippen LogP contribution is 2.18. The summed E-state index contributed by atoms with van der Waals surface area (Å²) < 4.78 is 37.1. The first kappa shape index (κ1) is 20.0. The minimum Gasteiger partial charge on any atom is -0.343 e. The number of hydrogen-bond donors (Lipinski definition) is 1. The van der Waals surface area contributed by atoms with E-state index in [2.05, 4.69) is 15.9 Å². The average molecular weight is 429 g/mol. The first-order valence-electron chi connectivity index (χ1n) is 7.61. The summed E-state index contributed by atoms with van der Waals surface area (Å²) in [6, 6.07) is 13.1. The molecule has 0 saturated heterocycles. The van der Waals surface area contributed by atoms with Crippen LogP contribution in [0.5, 0.6) is 0 Å². The molecule has 2 aromatic carbocycles. The topological polar surface area (TPSA) is 49.4 Å². The number of carbonyl (C=O) groups excluding carboxylic acids is 2. The molecule has 2 rings (SSSR count). The SMILES string of the molecule is CN(Cc1ccc(C(=O)NCC(F)(F)F)cc1)C(=O)c1ccccc1Br. The number of benzene rings is 2. The molecule has 0 aliphatic carbocycles. The van der Waals surface area contributed by atoms with E-state index in [1.54, 1.807) is 37.4 Å². The Hall–Kier alpha value is -2.35. The third-order valence-corrected chi connectivity index (χ3v) is 4.23. The van der Waals surface area contributed by atoms with Gasteiger partial charge in [0.05, 0.1) is 5.56 Å². The van der Waals surface area contributed by atoms with E-state index in [1.165, 1.54) is 17.0 Å². The number of nitrogens with one attached hydrogen (secondary N) is 1. The lowest BCUT2D eigenvalue weighted by Gasteiger charge is -2.18. The van der Waals surface area contributed by atoms with Gasteiger partial charge in [-0.05, 0) is 45.8 Å². The molecule has 26 heavy (non-hydrogen) atoms. The fraction of sp³-hybridized carbons (Fsp3) is 0.222. The molecule has 0 aliphatic heterocycles. The number of halogens is 4. The number of nitrogens with zero attached hydrogens (tertiary/aromatic N) is 1. The molecule has 0 fully saturated rings. The van der Waals surface area contributed by atoms with Gasteiger partial charge in [-0.1, -0.05) is 24.3 Å². The highest BCUT2D eigenvalue weighted by molar-refractivity contribution is 9.10. The van der Waals surface area contributed by atoms with Gasteiger partial charge in [0, 0.05) is 23.6 Å². The van der Waals surface area contributed by atoms with Crippen LogP contribution < -0.4 is 5.32 Å². The van der Waals surface area contributed by atoms with Crippen LogP contribution in [-0.4, -0.2) is 36.5 Å². The zero-order valence-electron chi connectivity index (χ0n) is 13.8. The predicted molar refractivity (Wildman–Crippen MR) is 94.8 cm³/mol. The van der Waals surface area contributed by atoms with Gasteiger partial charge in [0.25, 0.3) is 11.8 Å². The van der Waals surface area contributed by atoms with Gasteiger partial charge in [0.2, 0.25) is 0 Å². The Morgan fingerprint density at radius 3 is 2.27 bits per heavy atom. The largest absolute Gasteiger partial charge is 0.405 e. The van der Waals surface area contributed by atoms with Gasteiger partial charge in [0.1, 0.15) is 6.54 Å². The third-order valence-electron chi connectivity index (χ3n) is 3.54. The summed E-state index contributed by atoms with van der Waals surface area (Å²) in [5.74, 6) is -0.976. The maximum absolute atomic E-state index is 12.4. The van der Waals surface area contributed by atoms with Crippen molar-refractivity contribution in [3.05, 3.63) is 69.7 Å². The number of hydrogen-bond acceptors (Lipinski definition) is 2. The first-order chi connectivity index (χ1) is 12.2. The van der Waals surface area contributed by atoms with E-state index in [0.29, 0.717) is 16.6 Å². The number of carbonyl (C=O) groups is 2. The van der Waals surface area contributed by atoms with Crippen LogP contribution in [0.3, 0.4) is 0 Å². The molecule has 0 saturated carbocycles. The zero-order valence-corrected chi connectivity index (χ0v) is 15.4. The van der Waals surface area contributed by atoms with E-state index in [0.717, 1.165) is 5.56 Å². The second kappa shape index (κ2) is 8.35. The van der Waals surface area contributed by atoms with Crippen LogP contribution in [0.15, 0.2) is 53.0 Å². The molecule has 0 aliphatic rings. The highest BCUT2D eigenvalue weighted by atomic mass is 79.9.